The lowest BCUT2D eigenvalue weighted by atomic mass is 9.78. The van der Waals surface area contributed by atoms with Gasteiger partial charge in [0, 0.05) is 33.7 Å². The fourth-order valence-electron chi connectivity index (χ4n) is 7.58. The van der Waals surface area contributed by atoms with Gasteiger partial charge < -0.3 is 0 Å². The third-order valence-corrected chi connectivity index (χ3v) is 9.74. The molecule has 3 heteroatoms. The zero-order valence-corrected chi connectivity index (χ0v) is 26.3. The summed E-state index contributed by atoms with van der Waals surface area (Å²) in [5.74, 6) is 0.694. The van der Waals surface area contributed by atoms with E-state index < -0.39 is 0 Å². The number of hydrogen-bond acceptors (Lipinski definition) is 3. The Kier molecular flexibility index (Phi) is 6.16. The summed E-state index contributed by atoms with van der Waals surface area (Å²) in [6.07, 6.45) is 1.85. The average molecular weight is 602 g/mol. The van der Waals surface area contributed by atoms with Gasteiger partial charge in [0.15, 0.2) is 5.82 Å². The third-order valence-electron chi connectivity index (χ3n) is 9.74. The van der Waals surface area contributed by atoms with Crippen molar-refractivity contribution in [3.8, 4) is 56.2 Å². The molecule has 1 aliphatic carbocycles. The molecule has 0 fully saturated rings. The summed E-state index contributed by atoms with van der Waals surface area (Å²) in [7, 11) is 0. The van der Waals surface area contributed by atoms with Crippen LogP contribution >= 0.6 is 0 Å². The van der Waals surface area contributed by atoms with E-state index in [0.717, 1.165) is 44.4 Å². The Bertz CT molecular complexity index is 2490. The highest BCUT2D eigenvalue weighted by Crippen LogP contribution is 2.53. The van der Waals surface area contributed by atoms with Crippen molar-refractivity contribution in [3.63, 3.8) is 0 Å². The largest absolute Gasteiger partial charge is 0.256 e. The van der Waals surface area contributed by atoms with Gasteiger partial charge in [-0.25, -0.2) is 9.97 Å². The molecule has 0 bridgehead atoms. The van der Waals surface area contributed by atoms with Gasteiger partial charge in [-0.1, -0.05) is 147 Å². The van der Waals surface area contributed by atoms with Crippen LogP contribution in [0.2, 0.25) is 0 Å². The van der Waals surface area contributed by atoms with E-state index in [0.29, 0.717) is 5.82 Å². The quantitative estimate of drug-likeness (QED) is 0.201. The van der Waals surface area contributed by atoms with Gasteiger partial charge in [0.05, 0.1) is 16.9 Å². The second kappa shape index (κ2) is 10.6. The summed E-state index contributed by atoms with van der Waals surface area (Å²) in [5.41, 5.74) is 13.6. The van der Waals surface area contributed by atoms with E-state index >= 15 is 0 Å². The molecule has 0 unspecified atom stereocenters. The molecule has 0 radical (unpaired) electrons. The second-order valence-electron chi connectivity index (χ2n) is 12.8. The van der Waals surface area contributed by atoms with Crippen LogP contribution in [0, 0.1) is 0 Å². The molecule has 3 nitrogen and oxygen atoms in total. The predicted molar refractivity (Wildman–Crippen MR) is 194 cm³/mol. The van der Waals surface area contributed by atoms with Gasteiger partial charge in [-0.15, -0.1) is 0 Å². The van der Waals surface area contributed by atoms with Crippen molar-refractivity contribution in [1.82, 2.24) is 15.0 Å². The molecule has 2 heterocycles. The molecule has 9 rings (SSSR count). The molecular weight excluding hydrogens is 571 g/mol. The summed E-state index contributed by atoms with van der Waals surface area (Å²) >= 11 is 0. The first-order valence-corrected chi connectivity index (χ1v) is 16.1. The van der Waals surface area contributed by atoms with Crippen LogP contribution < -0.4 is 0 Å². The Hall–Kier alpha value is -5.93. The topological polar surface area (TPSA) is 38.7 Å². The highest BCUT2D eigenvalue weighted by Gasteiger charge is 2.37. The molecule has 0 spiro atoms. The van der Waals surface area contributed by atoms with Crippen LogP contribution in [0.25, 0.3) is 77.8 Å². The molecule has 1 aliphatic rings. The smallest absolute Gasteiger partial charge is 0.160 e. The molecular formula is C44H31N3. The van der Waals surface area contributed by atoms with E-state index in [1.54, 1.807) is 0 Å². The average Bonchev–Trinajstić information content (AvgIpc) is 3.37. The predicted octanol–water partition coefficient (Wildman–Crippen LogP) is 11.2. The Morgan fingerprint density at radius 1 is 0.468 bits per heavy atom. The molecule has 0 saturated carbocycles. The fourth-order valence-corrected chi connectivity index (χ4v) is 7.58. The lowest BCUT2D eigenvalue weighted by molar-refractivity contribution is 0.662. The van der Waals surface area contributed by atoms with Gasteiger partial charge in [-0.2, -0.15) is 0 Å². The SMILES string of the molecule is CC1(C)c2ccccc2-c2cccc(-c3ccc(-c4cc(-c5cccc6cccnc56)nc(-c5ccccc5)n4)c4ccccc34)c21. The van der Waals surface area contributed by atoms with Gasteiger partial charge in [0.25, 0.3) is 0 Å². The fraction of sp³-hybridized carbons (Fsp3) is 0.0682. The highest BCUT2D eigenvalue weighted by molar-refractivity contribution is 6.06. The maximum absolute atomic E-state index is 5.21. The van der Waals surface area contributed by atoms with Crippen LogP contribution in [-0.4, -0.2) is 15.0 Å². The number of aromatic nitrogens is 3. The van der Waals surface area contributed by atoms with E-state index in [2.05, 4.69) is 135 Å². The number of hydrogen-bond donors (Lipinski definition) is 0. The van der Waals surface area contributed by atoms with Gasteiger partial charge in [0.1, 0.15) is 0 Å². The first-order valence-electron chi connectivity index (χ1n) is 16.1. The molecule has 2 aromatic heterocycles. The number of nitrogens with zero attached hydrogens (tertiary/aromatic N) is 3. The highest BCUT2D eigenvalue weighted by atomic mass is 14.9. The van der Waals surface area contributed by atoms with Crippen molar-refractivity contribution in [2.24, 2.45) is 0 Å². The van der Waals surface area contributed by atoms with E-state index in [9.17, 15) is 0 Å². The Morgan fingerprint density at radius 2 is 1.06 bits per heavy atom. The lowest BCUT2D eigenvalue weighted by Crippen LogP contribution is -2.16. The first kappa shape index (κ1) is 27.4. The van der Waals surface area contributed by atoms with Gasteiger partial charge in [-0.05, 0) is 56.3 Å². The number of benzene rings is 6. The lowest BCUT2D eigenvalue weighted by Gasteiger charge is -2.25. The minimum Gasteiger partial charge on any atom is -0.256 e. The molecule has 0 aliphatic heterocycles. The molecule has 0 atom stereocenters. The number of fused-ring (bicyclic) bond motifs is 5. The van der Waals surface area contributed by atoms with Crippen LogP contribution in [0.1, 0.15) is 25.0 Å². The van der Waals surface area contributed by atoms with E-state index in [-0.39, 0.29) is 5.41 Å². The van der Waals surface area contributed by atoms with Crippen LogP contribution in [0.4, 0.5) is 0 Å². The molecule has 47 heavy (non-hydrogen) atoms. The normalized spacial score (nSPS) is 13.1. The van der Waals surface area contributed by atoms with Gasteiger partial charge in [-0.3, -0.25) is 4.98 Å². The molecule has 0 saturated heterocycles. The Morgan fingerprint density at radius 3 is 1.89 bits per heavy atom. The van der Waals surface area contributed by atoms with Crippen molar-refractivity contribution in [3.05, 3.63) is 163 Å². The summed E-state index contributed by atoms with van der Waals surface area (Å²) in [6.45, 7) is 4.71. The van der Waals surface area contributed by atoms with Crippen molar-refractivity contribution in [2.45, 2.75) is 19.3 Å². The molecule has 8 aromatic rings. The Balaban J connectivity index is 1.28. The van der Waals surface area contributed by atoms with Crippen LogP contribution in [0.15, 0.2) is 152 Å². The molecule has 0 amide bonds. The maximum atomic E-state index is 5.21. The summed E-state index contributed by atoms with van der Waals surface area (Å²) in [4.78, 5) is 15.1. The monoisotopic (exact) mass is 601 g/mol. The van der Waals surface area contributed by atoms with Crippen LogP contribution in [0.3, 0.4) is 0 Å². The van der Waals surface area contributed by atoms with Gasteiger partial charge in [0.2, 0.25) is 0 Å². The standard InChI is InChI=1S/C44H31N3/c1-44(2)38-23-9-8-19-33(38)36-21-11-20-35(41(36)44)32-24-25-34(31-18-7-6-17-30(31)32)39-27-40(47-43(46-39)29-13-4-3-5-14-29)37-22-10-15-28-16-12-26-45-42(28)37/h3-27H,1-2H3. The van der Waals surface area contributed by atoms with E-state index in [1.807, 2.05) is 30.5 Å². The zero-order chi connectivity index (χ0) is 31.5. The van der Waals surface area contributed by atoms with Crippen molar-refractivity contribution < 1.29 is 0 Å². The third kappa shape index (κ3) is 4.31. The summed E-state index contributed by atoms with van der Waals surface area (Å²) in [6, 6.07) is 51.6. The summed E-state index contributed by atoms with van der Waals surface area (Å²) in [5, 5.41) is 3.45. The first-order chi connectivity index (χ1) is 23.1. The molecule has 0 N–H and O–H groups in total. The van der Waals surface area contributed by atoms with Crippen molar-refractivity contribution >= 4 is 21.7 Å². The van der Waals surface area contributed by atoms with Crippen molar-refractivity contribution in [1.29, 1.82) is 0 Å². The maximum Gasteiger partial charge on any atom is 0.160 e. The number of rotatable bonds is 4. The number of pyridine rings is 1. The minimum atomic E-state index is -0.110. The molecule has 6 aromatic carbocycles. The van der Waals surface area contributed by atoms with Crippen LogP contribution in [-0.2, 0) is 5.41 Å². The minimum absolute atomic E-state index is 0.110. The Labute approximate surface area is 274 Å². The van der Waals surface area contributed by atoms with Crippen LogP contribution in [0.5, 0.6) is 0 Å². The second-order valence-corrected chi connectivity index (χ2v) is 12.8. The van der Waals surface area contributed by atoms with Gasteiger partial charge >= 0.3 is 0 Å². The van der Waals surface area contributed by atoms with E-state index in [1.165, 1.54) is 38.8 Å². The van der Waals surface area contributed by atoms with Crippen molar-refractivity contribution in [2.75, 3.05) is 0 Å². The summed E-state index contributed by atoms with van der Waals surface area (Å²) < 4.78 is 0. The van der Waals surface area contributed by atoms with E-state index in [4.69, 9.17) is 15.0 Å². The number of para-hydroxylation sites is 1. The molecule has 222 valence electrons. The zero-order valence-electron chi connectivity index (χ0n) is 26.3.